The van der Waals surface area contributed by atoms with Crippen molar-refractivity contribution in [3.05, 3.63) is 54.1 Å². The summed E-state index contributed by atoms with van der Waals surface area (Å²) in [6, 6.07) is 14.0. The summed E-state index contributed by atoms with van der Waals surface area (Å²) < 4.78 is 29.2. The third kappa shape index (κ3) is 5.95. The Labute approximate surface area is 226 Å². The van der Waals surface area contributed by atoms with Crippen LogP contribution in [0.15, 0.2) is 53.4 Å². The fourth-order valence-electron chi connectivity index (χ4n) is 6.06. The number of carbonyl (C=O) groups excluding carboxylic acids is 2. The topological polar surface area (TPSA) is 90.0 Å². The summed E-state index contributed by atoms with van der Waals surface area (Å²) >= 11 is 0. The maximum Gasteiger partial charge on any atom is 0.242 e. The molecule has 0 radical (unpaired) electrons. The summed E-state index contributed by atoms with van der Waals surface area (Å²) in [6.45, 7) is 6.29. The molecule has 2 atom stereocenters. The maximum atomic E-state index is 13.3. The number of piperidine rings is 1. The Hall–Kier alpha value is -2.75. The highest BCUT2D eigenvalue weighted by Gasteiger charge is 2.36. The normalized spacial score (nSPS) is 22.8. The smallest absolute Gasteiger partial charge is 0.242 e. The van der Waals surface area contributed by atoms with E-state index in [1.54, 1.807) is 18.2 Å². The Morgan fingerprint density at radius 3 is 2.50 bits per heavy atom. The van der Waals surface area contributed by atoms with Crippen LogP contribution in [0.25, 0.3) is 11.1 Å². The third-order valence-corrected chi connectivity index (χ3v) is 9.59. The number of rotatable bonds is 8. The van der Waals surface area contributed by atoms with Crippen LogP contribution in [-0.2, 0) is 19.6 Å². The zero-order chi connectivity index (χ0) is 26.7. The zero-order valence-electron chi connectivity index (χ0n) is 22.1. The van der Waals surface area contributed by atoms with Crippen molar-refractivity contribution in [3.63, 3.8) is 0 Å². The van der Waals surface area contributed by atoms with Gasteiger partial charge in [-0.1, -0.05) is 36.4 Å². The van der Waals surface area contributed by atoms with Gasteiger partial charge in [0, 0.05) is 25.7 Å². The molecule has 8 nitrogen and oxygen atoms in total. The molecule has 3 fully saturated rings. The number of carbonyl (C=O) groups is 2. The number of likely N-dealkylation sites (tertiary alicyclic amines) is 3. The molecule has 5 rings (SSSR count). The lowest BCUT2D eigenvalue weighted by Gasteiger charge is -2.34. The van der Waals surface area contributed by atoms with Crippen LogP contribution in [0, 0.1) is 6.92 Å². The molecule has 0 aromatic heterocycles. The maximum absolute atomic E-state index is 13.3. The molecule has 0 unspecified atom stereocenters. The molecule has 3 aliphatic rings. The molecular weight excluding hydrogens is 500 g/mol. The van der Waals surface area contributed by atoms with Gasteiger partial charge in [-0.15, -0.1) is 0 Å². The van der Waals surface area contributed by atoms with Crippen LogP contribution in [0.3, 0.4) is 0 Å². The minimum atomic E-state index is -3.92. The van der Waals surface area contributed by atoms with E-state index < -0.39 is 16.1 Å². The molecule has 38 heavy (non-hydrogen) atoms. The average molecular weight is 539 g/mol. The van der Waals surface area contributed by atoms with Crippen LogP contribution in [0.2, 0.25) is 0 Å². The van der Waals surface area contributed by atoms with Gasteiger partial charge >= 0.3 is 0 Å². The highest BCUT2D eigenvalue weighted by atomic mass is 32.2. The van der Waals surface area contributed by atoms with Crippen molar-refractivity contribution in [2.24, 2.45) is 0 Å². The number of hydrogen-bond donors (Lipinski definition) is 1. The standard InChI is InChI=1S/C29H38N4O4S/c1-22-9-2-3-13-26(22)23-10-6-12-25(19-23)38(36,37)30-27-14-8-17-32(29(27)35)21-28(34)33-18-7-11-24(33)20-31-15-4-5-16-31/h2-3,6,9-10,12-13,19,24,27,30H,4-5,7-8,11,14-18,20-21H2,1H3/t24-,27-/m0/s1. The third-order valence-electron chi connectivity index (χ3n) is 8.12. The molecule has 2 aromatic rings. The quantitative estimate of drug-likeness (QED) is 0.558. The summed E-state index contributed by atoms with van der Waals surface area (Å²) in [5.74, 6) is -0.354. The molecule has 3 saturated heterocycles. The average Bonchev–Trinajstić information content (AvgIpc) is 3.59. The molecule has 204 valence electrons. The van der Waals surface area contributed by atoms with E-state index in [-0.39, 0.29) is 29.3 Å². The minimum absolute atomic E-state index is 0.0102. The summed E-state index contributed by atoms with van der Waals surface area (Å²) in [5.41, 5.74) is 2.83. The SMILES string of the molecule is Cc1ccccc1-c1cccc(S(=O)(=O)N[C@H]2CCCN(CC(=O)N3CCC[C@H]3CN3CCCC3)C2=O)c1. The Morgan fingerprint density at radius 1 is 0.947 bits per heavy atom. The first-order valence-corrected chi connectivity index (χ1v) is 15.3. The Balaban J connectivity index is 1.23. The predicted molar refractivity (Wildman–Crippen MR) is 147 cm³/mol. The van der Waals surface area contributed by atoms with Gasteiger partial charge in [-0.2, -0.15) is 4.72 Å². The largest absolute Gasteiger partial charge is 0.337 e. The number of nitrogens with one attached hydrogen (secondary N) is 1. The summed E-state index contributed by atoms with van der Waals surface area (Å²) in [7, 11) is -3.92. The van der Waals surface area contributed by atoms with Gasteiger partial charge in [0.25, 0.3) is 0 Å². The van der Waals surface area contributed by atoms with Gasteiger partial charge in [-0.3, -0.25) is 9.59 Å². The number of nitrogens with zero attached hydrogens (tertiary/aromatic N) is 3. The van der Waals surface area contributed by atoms with Crippen molar-refractivity contribution < 1.29 is 18.0 Å². The summed E-state index contributed by atoms with van der Waals surface area (Å²) in [5, 5.41) is 0. The van der Waals surface area contributed by atoms with E-state index in [2.05, 4.69) is 9.62 Å². The van der Waals surface area contributed by atoms with Gasteiger partial charge in [0.2, 0.25) is 21.8 Å². The molecule has 0 bridgehead atoms. The van der Waals surface area contributed by atoms with Crippen LogP contribution in [0.5, 0.6) is 0 Å². The van der Waals surface area contributed by atoms with Gasteiger partial charge in [-0.05, 0) is 87.4 Å². The molecule has 0 spiro atoms. The number of amides is 2. The lowest BCUT2D eigenvalue weighted by molar-refractivity contribution is -0.143. The molecule has 1 N–H and O–H groups in total. The first-order chi connectivity index (χ1) is 18.3. The second-order valence-electron chi connectivity index (χ2n) is 10.8. The number of hydrogen-bond acceptors (Lipinski definition) is 5. The van der Waals surface area contributed by atoms with Crippen molar-refractivity contribution in [1.29, 1.82) is 0 Å². The lowest BCUT2D eigenvalue weighted by Crippen LogP contribution is -2.55. The Morgan fingerprint density at radius 2 is 1.71 bits per heavy atom. The number of aryl methyl sites for hydroxylation is 1. The molecule has 3 aliphatic heterocycles. The van der Waals surface area contributed by atoms with Crippen molar-refractivity contribution >= 4 is 21.8 Å². The van der Waals surface area contributed by atoms with E-state index in [0.29, 0.717) is 19.4 Å². The van der Waals surface area contributed by atoms with Crippen LogP contribution >= 0.6 is 0 Å². The fourth-order valence-corrected chi connectivity index (χ4v) is 7.33. The van der Waals surface area contributed by atoms with Gasteiger partial charge in [-0.25, -0.2) is 8.42 Å². The molecule has 3 heterocycles. The van der Waals surface area contributed by atoms with Gasteiger partial charge in [0.15, 0.2) is 0 Å². The van der Waals surface area contributed by atoms with Gasteiger partial charge in [0.1, 0.15) is 6.04 Å². The molecule has 2 amide bonds. The van der Waals surface area contributed by atoms with Crippen LogP contribution in [0.1, 0.15) is 44.1 Å². The highest BCUT2D eigenvalue weighted by Crippen LogP contribution is 2.26. The molecule has 9 heteroatoms. The highest BCUT2D eigenvalue weighted by molar-refractivity contribution is 7.89. The fraction of sp³-hybridized carbons (Fsp3) is 0.517. The van der Waals surface area contributed by atoms with Crippen molar-refractivity contribution in [1.82, 2.24) is 19.4 Å². The first-order valence-electron chi connectivity index (χ1n) is 13.8. The van der Waals surface area contributed by atoms with E-state index in [9.17, 15) is 18.0 Å². The number of benzene rings is 2. The van der Waals surface area contributed by atoms with Crippen LogP contribution in [-0.4, -0.2) is 86.3 Å². The minimum Gasteiger partial charge on any atom is -0.337 e. The van der Waals surface area contributed by atoms with E-state index in [0.717, 1.165) is 55.7 Å². The van der Waals surface area contributed by atoms with E-state index >= 15 is 0 Å². The van der Waals surface area contributed by atoms with Gasteiger partial charge < -0.3 is 14.7 Å². The molecular formula is C29H38N4O4S. The predicted octanol–water partition coefficient (Wildman–Crippen LogP) is 3.02. The van der Waals surface area contributed by atoms with E-state index in [4.69, 9.17) is 0 Å². The molecule has 2 aromatic carbocycles. The summed E-state index contributed by atoms with van der Waals surface area (Å²) in [6.07, 6.45) is 5.49. The van der Waals surface area contributed by atoms with Crippen molar-refractivity contribution in [2.45, 2.75) is 62.4 Å². The Bertz CT molecular complexity index is 1270. The van der Waals surface area contributed by atoms with Gasteiger partial charge in [0.05, 0.1) is 11.4 Å². The van der Waals surface area contributed by atoms with Crippen LogP contribution in [0.4, 0.5) is 0 Å². The van der Waals surface area contributed by atoms with E-state index in [1.165, 1.54) is 17.7 Å². The Kier molecular flexibility index (Phi) is 8.16. The van der Waals surface area contributed by atoms with Crippen molar-refractivity contribution in [2.75, 3.05) is 39.3 Å². The molecule has 0 aliphatic carbocycles. The molecule has 0 saturated carbocycles. The first kappa shape index (κ1) is 26.8. The monoisotopic (exact) mass is 538 g/mol. The zero-order valence-corrected chi connectivity index (χ0v) is 23.0. The van der Waals surface area contributed by atoms with E-state index in [1.807, 2.05) is 42.2 Å². The van der Waals surface area contributed by atoms with Crippen LogP contribution < -0.4 is 4.72 Å². The lowest BCUT2D eigenvalue weighted by atomic mass is 10.0. The summed E-state index contributed by atoms with van der Waals surface area (Å²) in [4.78, 5) is 32.6. The second-order valence-corrected chi connectivity index (χ2v) is 12.5. The van der Waals surface area contributed by atoms with Crippen molar-refractivity contribution in [3.8, 4) is 11.1 Å². The number of sulfonamides is 1. The second kappa shape index (κ2) is 11.6.